The molecule has 0 fully saturated rings. The number of anilines is 1. The minimum atomic E-state index is -0.940. The second-order valence-electron chi connectivity index (χ2n) is 3.01. The molecule has 0 radical (unpaired) electrons. The fraction of sp³-hybridized carbons (Fsp3) is 0.125. The highest BCUT2D eigenvalue weighted by atomic mass is 16.6. The number of nitrogens with one attached hydrogen (secondary N) is 1. The van der Waals surface area contributed by atoms with Crippen LogP contribution in [0.2, 0.25) is 0 Å². The third kappa shape index (κ3) is 2.27. The van der Waals surface area contributed by atoms with Crippen LogP contribution >= 0.6 is 0 Å². The summed E-state index contributed by atoms with van der Waals surface area (Å²) in [6.07, 6.45) is 0. The van der Waals surface area contributed by atoms with Crippen molar-refractivity contribution in [1.29, 1.82) is 0 Å². The van der Waals surface area contributed by atoms with Crippen molar-refractivity contribution in [2.24, 2.45) is 5.73 Å². The fourth-order valence-electron chi connectivity index (χ4n) is 1.28. The number of hydrogen-bond acceptors (Lipinski definition) is 6. The highest BCUT2D eigenvalue weighted by molar-refractivity contribution is 6.00. The topological polar surface area (TPSA) is 141 Å². The average molecular weight is 240 g/mol. The molecule has 0 aliphatic rings. The summed E-state index contributed by atoms with van der Waals surface area (Å²) >= 11 is 0. The van der Waals surface area contributed by atoms with Crippen LogP contribution in [0, 0.1) is 20.2 Å². The number of primary amides is 1. The van der Waals surface area contributed by atoms with Gasteiger partial charge in [-0.3, -0.25) is 25.0 Å². The molecule has 0 bridgehead atoms. The molecule has 0 spiro atoms. The van der Waals surface area contributed by atoms with Crippen molar-refractivity contribution in [2.45, 2.75) is 0 Å². The molecule has 90 valence electrons. The Morgan fingerprint density at radius 1 is 1.24 bits per heavy atom. The molecule has 17 heavy (non-hydrogen) atoms. The minimum Gasteiger partial charge on any atom is -0.387 e. The van der Waals surface area contributed by atoms with E-state index in [0.717, 1.165) is 12.1 Å². The van der Waals surface area contributed by atoms with Gasteiger partial charge in [0.25, 0.3) is 5.91 Å². The fourth-order valence-corrected chi connectivity index (χ4v) is 1.28. The number of amides is 1. The molecule has 1 aromatic carbocycles. The summed E-state index contributed by atoms with van der Waals surface area (Å²) in [5.41, 5.74) is 3.42. The monoisotopic (exact) mass is 240 g/mol. The third-order valence-electron chi connectivity index (χ3n) is 2.04. The normalized spacial score (nSPS) is 9.71. The lowest BCUT2D eigenvalue weighted by atomic mass is 10.1. The summed E-state index contributed by atoms with van der Waals surface area (Å²) < 4.78 is 0. The molecule has 0 aliphatic carbocycles. The quantitative estimate of drug-likeness (QED) is 0.584. The SMILES string of the molecule is CNc1cc([N+](=O)[O-])c([N+](=O)[O-])cc1C(N)=O. The molecule has 9 heteroatoms. The Labute approximate surface area is 94.5 Å². The van der Waals surface area contributed by atoms with E-state index in [1.54, 1.807) is 0 Å². The van der Waals surface area contributed by atoms with E-state index in [4.69, 9.17) is 5.73 Å². The summed E-state index contributed by atoms with van der Waals surface area (Å²) in [4.78, 5) is 30.4. The maximum absolute atomic E-state index is 11.0. The Balaban J connectivity index is 3.59. The lowest BCUT2D eigenvalue weighted by molar-refractivity contribution is -0.422. The number of benzene rings is 1. The molecule has 3 N–H and O–H groups in total. The Morgan fingerprint density at radius 2 is 1.71 bits per heavy atom. The van der Waals surface area contributed by atoms with Crippen LogP contribution in [0.3, 0.4) is 0 Å². The first kappa shape index (κ1) is 12.4. The average Bonchev–Trinajstić information content (AvgIpc) is 2.26. The molecule has 0 atom stereocenters. The zero-order valence-corrected chi connectivity index (χ0v) is 8.67. The van der Waals surface area contributed by atoms with Gasteiger partial charge in [0.15, 0.2) is 0 Å². The Kier molecular flexibility index (Phi) is 3.22. The molecule has 0 saturated carbocycles. The van der Waals surface area contributed by atoms with Gasteiger partial charge in [0.1, 0.15) is 0 Å². The minimum absolute atomic E-state index is 0.0646. The van der Waals surface area contributed by atoms with Crippen LogP contribution in [0.25, 0.3) is 0 Å². The molecular weight excluding hydrogens is 232 g/mol. The van der Waals surface area contributed by atoms with E-state index in [-0.39, 0.29) is 11.3 Å². The molecule has 1 aromatic rings. The molecule has 0 saturated heterocycles. The molecule has 0 aromatic heterocycles. The van der Waals surface area contributed by atoms with Crippen molar-refractivity contribution < 1.29 is 14.6 Å². The Hall–Kier alpha value is -2.71. The molecule has 0 heterocycles. The number of carbonyl (C=O) groups excluding carboxylic acids is 1. The van der Waals surface area contributed by atoms with E-state index in [2.05, 4.69) is 5.32 Å². The van der Waals surface area contributed by atoms with Crippen molar-refractivity contribution >= 4 is 23.0 Å². The smallest absolute Gasteiger partial charge is 0.348 e. The highest BCUT2D eigenvalue weighted by Crippen LogP contribution is 2.32. The van der Waals surface area contributed by atoms with Gasteiger partial charge in [0.2, 0.25) is 0 Å². The number of rotatable bonds is 4. The number of nitrogens with two attached hydrogens (primary N) is 1. The largest absolute Gasteiger partial charge is 0.387 e. The van der Waals surface area contributed by atoms with Gasteiger partial charge >= 0.3 is 11.4 Å². The molecule has 0 unspecified atom stereocenters. The number of nitro groups is 2. The van der Waals surface area contributed by atoms with Crippen molar-refractivity contribution in [3.8, 4) is 0 Å². The van der Waals surface area contributed by atoms with Crippen molar-refractivity contribution in [1.82, 2.24) is 0 Å². The zero-order valence-electron chi connectivity index (χ0n) is 8.67. The molecule has 1 rings (SSSR count). The van der Waals surface area contributed by atoms with E-state index in [1.807, 2.05) is 0 Å². The number of carbonyl (C=O) groups is 1. The second kappa shape index (κ2) is 4.43. The van der Waals surface area contributed by atoms with Crippen molar-refractivity contribution in [3.05, 3.63) is 37.9 Å². The van der Waals surface area contributed by atoms with Crippen LogP contribution in [-0.4, -0.2) is 22.8 Å². The van der Waals surface area contributed by atoms with E-state index < -0.39 is 27.1 Å². The van der Waals surface area contributed by atoms with Gasteiger partial charge in [0.05, 0.1) is 21.1 Å². The molecule has 1 amide bonds. The highest BCUT2D eigenvalue weighted by Gasteiger charge is 2.27. The van der Waals surface area contributed by atoms with Gasteiger partial charge in [-0.1, -0.05) is 0 Å². The predicted molar refractivity (Wildman–Crippen MR) is 57.8 cm³/mol. The lowest BCUT2D eigenvalue weighted by Crippen LogP contribution is -2.14. The first-order valence-electron chi connectivity index (χ1n) is 4.33. The summed E-state index contributed by atoms with van der Waals surface area (Å²) in [6, 6.07) is 1.69. The van der Waals surface area contributed by atoms with Gasteiger partial charge in [0, 0.05) is 19.2 Å². The molecular formula is C8H8N4O5. The summed E-state index contributed by atoms with van der Waals surface area (Å²) in [6.45, 7) is 0. The van der Waals surface area contributed by atoms with Crippen LogP contribution < -0.4 is 11.1 Å². The van der Waals surface area contributed by atoms with E-state index in [0.29, 0.717) is 0 Å². The third-order valence-corrected chi connectivity index (χ3v) is 2.04. The Morgan fingerprint density at radius 3 is 2.06 bits per heavy atom. The van der Waals surface area contributed by atoms with Crippen LogP contribution in [-0.2, 0) is 0 Å². The molecule has 0 aliphatic heterocycles. The maximum atomic E-state index is 11.0. The number of nitrogens with zero attached hydrogens (tertiary/aromatic N) is 2. The van der Waals surface area contributed by atoms with Crippen LogP contribution in [0.15, 0.2) is 12.1 Å². The maximum Gasteiger partial charge on any atom is 0.348 e. The van der Waals surface area contributed by atoms with Crippen LogP contribution in [0.5, 0.6) is 0 Å². The summed E-state index contributed by atoms with van der Waals surface area (Å²) in [7, 11) is 1.41. The van der Waals surface area contributed by atoms with Crippen LogP contribution in [0.1, 0.15) is 10.4 Å². The van der Waals surface area contributed by atoms with E-state index in [9.17, 15) is 25.0 Å². The zero-order chi connectivity index (χ0) is 13.2. The Bertz CT molecular complexity index is 513. The first-order valence-corrected chi connectivity index (χ1v) is 4.33. The predicted octanol–water partition coefficient (Wildman–Crippen LogP) is 0.644. The van der Waals surface area contributed by atoms with Crippen LogP contribution in [0.4, 0.5) is 17.1 Å². The molecule has 9 nitrogen and oxygen atoms in total. The van der Waals surface area contributed by atoms with Gasteiger partial charge in [-0.2, -0.15) is 0 Å². The lowest BCUT2D eigenvalue weighted by Gasteiger charge is -2.05. The number of hydrogen-bond donors (Lipinski definition) is 2. The van der Waals surface area contributed by atoms with E-state index >= 15 is 0 Å². The summed E-state index contributed by atoms with van der Waals surface area (Å²) in [5.74, 6) is -0.910. The van der Waals surface area contributed by atoms with Crippen molar-refractivity contribution in [2.75, 3.05) is 12.4 Å². The second-order valence-corrected chi connectivity index (χ2v) is 3.01. The van der Waals surface area contributed by atoms with Gasteiger partial charge in [-0.25, -0.2) is 0 Å². The first-order chi connectivity index (χ1) is 7.88. The summed E-state index contributed by atoms with van der Waals surface area (Å²) in [5, 5.41) is 23.8. The van der Waals surface area contributed by atoms with E-state index in [1.165, 1.54) is 7.05 Å². The van der Waals surface area contributed by atoms with Gasteiger partial charge < -0.3 is 11.1 Å². The van der Waals surface area contributed by atoms with Crippen molar-refractivity contribution in [3.63, 3.8) is 0 Å². The van der Waals surface area contributed by atoms with Gasteiger partial charge in [-0.15, -0.1) is 0 Å². The standard InChI is InChI=1S/C8H8N4O5/c1-10-5-3-7(12(16)17)6(11(14)15)2-4(5)8(9)13/h2-3,10H,1H3,(H2,9,13). The number of nitro benzene ring substituents is 2. The van der Waals surface area contributed by atoms with Gasteiger partial charge in [-0.05, 0) is 0 Å².